The first-order chi connectivity index (χ1) is 12.8. The molecule has 0 aliphatic heterocycles. The zero-order valence-electron chi connectivity index (χ0n) is 15.5. The number of allylic oxidation sites excluding steroid dienone is 1. The summed E-state index contributed by atoms with van der Waals surface area (Å²) < 4.78 is 0. The van der Waals surface area contributed by atoms with E-state index in [1.54, 1.807) is 44.2 Å². The van der Waals surface area contributed by atoms with Crippen LogP contribution in [0.4, 0.5) is 0 Å². The van der Waals surface area contributed by atoms with Crippen LogP contribution in [0.5, 0.6) is 5.75 Å². The van der Waals surface area contributed by atoms with Gasteiger partial charge < -0.3 is 15.7 Å². The second kappa shape index (κ2) is 8.80. The van der Waals surface area contributed by atoms with E-state index in [9.17, 15) is 19.5 Å². The molecule has 0 radical (unpaired) electrons. The molecule has 2 aromatic carbocycles. The van der Waals surface area contributed by atoms with Crippen molar-refractivity contribution in [3.63, 3.8) is 0 Å². The number of hydrogen-bond acceptors (Lipinski definition) is 4. The number of phenols is 1. The van der Waals surface area contributed by atoms with Crippen LogP contribution in [0.1, 0.15) is 37.4 Å². The Morgan fingerprint density at radius 3 is 2.11 bits per heavy atom. The van der Waals surface area contributed by atoms with Crippen LogP contribution in [0, 0.1) is 13.8 Å². The Labute approximate surface area is 157 Å². The third-order valence-electron chi connectivity index (χ3n) is 4.06. The van der Waals surface area contributed by atoms with Crippen molar-refractivity contribution in [2.75, 3.05) is 13.6 Å². The second-order valence-corrected chi connectivity index (χ2v) is 6.13. The first-order valence-electron chi connectivity index (χ1n) is 8.43. The number of aryl methyl sites for hydroxylation is 2. The number of phenolic OH excluding ortho intramolecular Hbond substituents is 1. The summed E-state index contributed by atoms with van der Waals surface area (Å²) in [7, 11) is 1.49. The van der Waals surface area contributed by atoms with Gasteiger partial charge >= 0.3 is 0 Å². The van der Waals surface area contributed by atoms with E-state index in [0.29, 0.717) is 11.1 Å². The number of hydrogen-bond donors (Lipinski definition) is 3. The lowest BCUT2D eigenvalue weighted by molar-refractivity contribution is -0.119. The second-order valence-electron chi connectivity index (χ2n) is 6.13. The van der Waals surface area contributed by atoms with Gasteiger partial charge in [0.15, 0.2) is 5.78 Å². The fourth-order valence-corrected chi connectivity index (χ4v) is 2.49. The summed E-state index contributed by atoms with van der Waals surface area (Å²) in [4.78, 5) is 35.4. The SMILES string of the molecule is CNC(=O)CNC(=O)c1ccc(C(=O)C=Cc2cc(C)c(O)c(C)c2)cc1. The summed E-state index contributed by atoms with van der Waals surface area (Å²) in [6, 6.07) is 9.80. The summed E-state index contributed by atoms with van der Waals surface area (Å²) in [6.45, 7) is 3.50. The molecule has 0 fully saturated rings. The number of ketones is 1. The zero-order chi connectivity index (χ0) is 20.0. The van der Waals surface area contributed by atoms with Crippen LogP contribution in [0.2, 0.25) is 0 Å². The van der Waals surface area contributed by atoms with E-state index < -0.39 is 0 Å². The Hall–Kier alpha value is -3.41. The van der Waals surface area contributed by atoms with E-state index in [-0.39, 0.29) is 29.9 Å². The molecule has 0 saturated heterocycles. The van der Waals surface area contributed by atoms with Gasteiger partial charge in [-0.05, 0) is 60.9 Å². The molecule has 0 aliphatic rings. The summed E-state index contributed by atoms with van der Waals surface area (Å²) in [5.41, 5.74) is 3.12. The van der Waals surface area contributed by atoms with E-state index in [1.165, 1.54) is 25.3 Å². The van der Waals surface area contributed by atoms with Gasteiger partial charge in [0, 0.05) is 18.2 Å². The Morgan fingerprint density at radius 2 is 1.56 bits per heavy atom. The molecular weight excluding hydrogens is 344 g/mol. The summed E-state index contributed by atoms with van der Waals surface area (Å²) >= 11 is 0. The van der Waals surface area contributed by atoms with E-state index in [0.717, 1.165) is 16.7 Å². The van der Waals surface area contributed by atoms with Crippen molar-refractivity contribution >= 4 is 23.7 Å². The lowest BCUT2D eigenvalue weighted by Gasteiger charge is -2.05. The maximum Gasteiger partial charge on any atom is 0.251 e. The average Bonchev–Trinajstić information content (AvgIpc) is 2.67. The number of amides is 2. The van der Waals surface area contributed by atoms with Gasteiger partial charge in [0.2, 0.25) is 5.91 Å². The van der Waals surface area contributed by atoms with Crippen molar-refractivity contribution in [2.45, 2.75) is 13.8 Å². The summed E-state index contributed by atoms with van der Waals surface area (Å²) in [5.74, 6) is -0.623. The van der Waals surface area contributed by atoms with Gasteiger partial charge in [0.1, 0.15) is 5.75 Å². The molecular formula is C21H22N2O4. The van der Waals surface area contributed by atoms with Gasteiger partial charge in [-0.3, -0.25) is 14.4 Å². The Kier molecular flexibility index (Phi) is 6.49. The molecule has 0 heterocycles. The van der Waals surface area contributed by atoms with Crippen molar-refractivity contribution in [2.24, 2.45) is 0 Å². The quantitative estimate of drug-likeness (QED) is 0.540. The molecule has 2 aromatic rings. The van der Waals surface area contributed by atoms with E-state index >= 15 is 0 Å². The van der Waals surface area contributed by atoms with E-state index in [4.69, 9.17) is 0 Å². The summed E-state index contributed by atoms with van der Waals surface area (Å²) in [5, 5.41) is 14.7. The van der Waals surface area contributed by atoms with Crippen LogP contribution >= 0.6 is 0 Å². The first kappa shape index (κ1) is 19.9. The maximum absolute atomic E-state index is 12.3. The van der Waals surface area contributed by atoms with Crippen LogP contribution in [0.15, 0.2) is 42.5 Å². The third kappa shape index (κ3) is 5.28. The Bertz CT molecular complexity index is 876. The lowest BCUT2D eigenvalue weighted by atomic mass is 10.0. The minimum Gasteiger partial charge on any atom is -0.507 e. The first-order valence-corrected chi connectivity index (χ1v) is 8.43. The molecule has 0 spiro atoms. The maximum atomic E-state index is 12.3. The van der Waals surface area contributed by atoms with Crippen LogP contribution < -0.4 is 10.6 Å². The van der Waals surface area contributed by atoms with Crippen molar-refractivity contribution in [3.8, 4) is 5.75 Å². The minimum absolute atomic E-state index is 0.107. The normalized spacial score (nSPS) is 10.6. The van der Waals surface area contributed by atoms with Gasteiger partial charge in [0.25, 0.3) is 5.91 Å². The van der Waals surface area contributed by atoms with Crippen molar-refractivity contribution in [1.82, 2.24) is 10.6 Å². The monoisotopic (exact) mass is 366 g/mol. The molecule has 6 heteroatoms. The van der Waals surface area contributed by atoms with Gasteiger partial charge in [0.05, 0.1) is 6.54 Å². The van der Waals surface area contributed by atoms with E-state index in [2.05, 4.69) is 10.6 Å². The number of likely N-dealkylation sites (N-methyl/N-ethyl adjacent to an activating group) is 1. The third-order valence-corrected chi connectivity index (χ3v) is 4.06. The standard InChI is InChI=1S/C21H22N2O4/c1-13-10-15(11-14(2)20(13)26)4-9-18(24)16-5-7-17(8-6-16)21(27)23-12-19(25)22-3/h4-11,26H,12H2,1-3H3,(H,22,25)(H,23,27). The van der Waals surface area contributed by atoms with Crippen LogP contribution in [0.3, 0.4) is 0 Å². The highest BCUT2D eigenvalue weighted by molar-refractivity contribution is 6.07. The van der Waals surface area contributed by atoms with Crippen molar-refractivity contribution < 1.29 is 19.5 Å². The molecule has 3 N–H and O–H groups in total. The predicted octanol–water partition coefficient (Wildman–Crippen LogP) is 2.38. The highest BCUT2D eigenvalue weighted by atomic mass is 16.3. The molecule has 0 saturated carbocycles. The van der Waals surface area contributed by atoms with Crippen molar-refractivity contribution in [3.05, 3.63) is 70.3 Å². The minimum atomic E-state index is -0.386. The molecule has 2 rings (SSSR count). The van der Waals surface area contributed by atoms with Crippen molar-refractivity contribution in [1.29, 1.82) is 0 Å². The molecule has 2 amide bonds. The Morgan fingerprint density at radius 1 is 1.00 bits per heavy atom. The Balaban J connectivity index is 2.05. The number of carbonyl (C=O) groups excluding carboxylic acids is 3. The zero-order valence-corrected chi connectivity index (χ0v) is 15.5. The number of benzene rings is 2. The molecule has 0 unspecified atom stereocenters. The van der Waals surface area contributed by atoms with Gasteiger partial charge in [-0.1, -0.05) is 18.2 Å². The largest absolute Gasteiger partial charge is 0.507 e. The van der Waals surface area contributed by atoms with Gasteiger partial charge in [-0.25, -0.2) is 0 Å². The average molecular weight is 366 g/mol. The predicted molar refractivity (Wildman–Crippen MR) is 104 cm³/mol. The lowest BCUT2D eigenvalue weighted by Crippen LogP contribution is -2.35. The molecule has 0 atom stereocenters. The van der Waals surface area contributed by atoms with Gasteiger partial charge in [-0.15, -0.1) is 0 Å². The highest BCUT2D eigenvalue weighted by Crippen LogP contribution is 2.23. The molecule has 27 heavy (non-hydrogen) atoms. The van der Waals surface area contributed by atoms with Crippen LogP contribution in [-0.2, 0) is 4.79 Å². The molecule has 6 nitrogen and oxygen atoms in total. The molecule has 0 bridgehead atoms. The molecule has 140 valence electrons. The van der Waals surface area contributed by atoms with E-state index in [1.807, 2.05) is 0 Å². The number of nitrogens with one attached hydrogen (secondary N) is 2. The fourth-order valence-electron chi connectivity index (χ4n) is 2.49. The van der Waals surface area contributed by atoms with Gasteiger partial charge in [-0.2, -0.15) is 0 Å². The summed E-state index contributed by atoms with van der Waals surface area (Å²) in [6.07, 6.45) is 3.14. The molecule has 0 aliphatic carbocycles. The van der Waals surface area contributed by atoms with Crippen LogP contribution in [0.25, 0.3) is 6.08 Å². The number of aromatic hydroxyl groups is 1. The topological polar surface area (TPSA) is 95.5 Å². The van der Waals surface area contributed by atoms with Crippen LogP contribution in [-0.4, -0.2) is 36.3 Å². The highest BCUT2D eigenvalue weighted by Gasteiger charge is 2.09. The number of rotatable bonds is 6. The molecule has 0 aromatic heterocycles. The smallest absolute Gasteiger partial charge is 0.251 e. The fraction of sp³-hybridized carbons (Fsp3) is 0.190. The number of carbonyl (C=O) groups is 3.